The minimum absolute atomic E-state index is 0.113. The lowest BCUT2D eigenvalue weighted by atomic mass is 10.1. The number of hydrogen-bond donors (Lipinski definition) is 0. The summed E-state index contributed by atoms with van der Waals surface area (Å²) < 4.78 is 13.1. The van der Waals surface area contributed by atoms with Gasteiger partial charge in [-0.1, -0.05) is 30.4 Å². The molecular formula is C30H29N3O4. The predicted octanol–water partition coefficient (Wildman–Crippen LogP) is 5.52. The third-order valence-corrected chi connectivity index (χ3v) is 6.66. The second-order valence-corrected chi connectivity index (χ2v) is 8.94. The number of amides is 2. The standard InChI is InChI=1S/C30H29N3O4/c1-20-17-22(21(2)31(20)27-19-25(36-3)15-16-28(27)37-4)18-26-29(34)32(23-11-7-5-8-12-23)33(30(26)35)24-13-9-6-10-14-24/h5,7-9,11-19H,6,10H2,1-4H3/b26-18+. The highest BCUT2D eigenvalue weighted by molar-refractivity contribution is 6.32. The van der Waals surface area contributed by atoms with Crippen molar-refractivity contribution in [1.82, 2.24) is 9.58 Å². The molecular weight excluding hydrogens is 466 g/mol. The Bertz CT molecular complexity index is 1460. The lowest BCUT2D eigenvalue weighted by Crippen LogP contribution is -2.40. The number of anilines is 1. The molecule has 0 radical (unpaired) electrons. The summed E-state index contributed by atoms with van der Waals surface area (Å²) in [7, 11) is 3.24. The maximum absolute atomic E-state index is 13.7. The SMILES string of the molecule is COc1ccc(OC)c(-n2c(C)cc(/C=C3/C(=O)N(C4=CCCC=C4)N(c4ccccc4)C3=O)c2C)c1. The van der Waals surface area contributed by atoms with E-state index in [0.717, 1.165) is 35.5 Å². The first kappa shape index (κ1) is 24.2. The molecule has 0 bridgehead atoms. The number of carbonyl (C=O) groups excluding carboxylic acids is 2. The van der Waals surface area contributed by atoms with Crippen molar-refractivity contribution < 1.29 is 19.1 Å². The van der Waals surface area contributed by atoms with Crippen molar-refractivity contribution >= 4 is 23.6 Å². The molecule has 0 N–H and O–H groups in total. The summed E-state index contributed by atoms with van der Waals surface area (Å²) in [4.78, 5) is 27.5. The molecule has 0 spiro atoms. The molecule has 2 aromatic carbocycles. The number of methoxy groups -OCH3 is 2. The molecule has 37 heavy (non-hydrogen) atoms. The van der Waals surface area contributed by atoms with Crippen LogP contribution in [0.25, 0.3) is 11.8 Å². The Kier molecular flexibility index (Phi) is 6.44. The highest BCUT2D eigenvalue weighted by Gasteiger charge is 2.43. The molecule has 5 rings (SSSR count). The van der Waals surface area contributed by atoms with Crippen LogP contribution < -0.4 is 14.5 Å². The van der Waals surface area contributed by atoms with Gasteiger partial charge in [-0.15, -0.1) is 0 Å². The van der Waals surface area contributed by atoms with Gasteiger partial charge in [-0.05, 0) is 74.7 Å². The van der Waals surface area contributed by atoms with Crippen molar-refractivity contribution in [3.8, 4) is 17.2 Å². The van der Waals surface area contributed by atoms with E-state index in [2.05, 4.69) is 0 Å². The van der Waals surface area contributed by atoms with E-state index in [9.17, 15) is 9.59 Å². The molecule has 1 aromatic heterocycles. The number of rotatable bonds is 6. The quantitative estimate of drug-likeness (QED) is 0.334. The Morgan fingerprint density at radius 3 is 2.30 bits per heavy atom. The van der Waals surface area contributed by atoms with Gasteiger partial charge < -0.3 is 14.0 Å². The smallest absolute Gasteiger partial charge is 0.283 e. The summed E-state index contributed by atoms with van der Waals surface area (Å²) in [5.41, 5.74) is 4.85. The van der Waals surface area contributed by atoms with Crippen LogP contribution in [0.4, 0.5) is 5.69 Å². The number of para-hydroxylation sites is 1. The number of aryl methyl sites for hydroxylation is 1. The summed E-state index contributed by atoms with van der Waals surface area (Å²) >= 11 is 0. The first-order valence-electron chi connectivity index (χ1n) is 12.2. The van der Waals surface area contributed by atoms with Gasteiger partial charge in [0.25, 0.3) is 11.8 Å². The van der Waals surface area contributed by atoms with Gasteiger partial charge in [0, 0.05) is 17.5 Å². The maximum atomic E-state index is 13.7. The lowest BCUT2D eigenvalue weighted by Gasteiger charge is -2.28. The maximum Gasteiger partial charge on any atom is 0.283 e. The molecule has 0 saturated carbocycles. The molecule has 1 aliphatic heterocycles. The number of nitrogens with zero attached hydrogens (tertiary/aromatic N) is 3. The van der Waals surface area contributed by atoms with Gasteiger partial charge in [-0.2, -0.15) is 0 Å². The van der Waals surface area contributed by atoms with Crippen molar-refractivity contribution in [3.63, 3.8) is 0 Å². The zero-order chi connectivity index (χ0) is 26.1. The summed E-state index contributed by atoms with van der Waals surface area (Å²) in [6, 6.07) is 16.8. The van der Waals surface area contributed by atoms with Crippen molar-refractivity contribution in [2.45, 2.75) is 26.7 Å². The highest BCUT2D eigenvalue weighted by Crippen LogP contribution is 2.35. The van der Waals surface area contributed by atoms with Crippen molar-refractivity contribution in [3.05, 3.63) is 101 Å². The number of aromatic nitrogens is 1. The number of carbonyl (C=O) groups is 2. The van der Waals surface area contributed by atoms with E-state index in [4.69, 9.17) is 9.47 Å². The van der Waals surface area contributed by atoms with Crippen LogP contribution in [0.3, 0.4) is 0 Å². The molecule has 2 amide bonds. The largest absolute Gasteiger partial charge is 0.497 e. The summed E-state index contributed by atoms with van der Waals surface area (Å²) in [6.45, 7) is 3.94. The summed E-state index contributed by atoms with van der Waals surface area (Å²) in [5, 5.41) is 2.93. The Labute approximate surface area is 216 Å². The third kappa shape index (κ3) is 4.22. The summed E-state index contributed by atoms with van der Waals surface area (Å²) in [6.07, 6.45) is 9.33. The zero-order valence-corrected chi connectivity index (χ0v) is 21.4. The Morgan fingerprint density at radius 1 is 0.865 bits per heavy atom. The molecule has 2 aliphatic rings. The molecule has 3 aromatic rings. The predicted molar refractivity (Wildman–Crippen MR) is 144 cm³/mol. The van der Waals surface area contributed by atoms with Crippen LogP contribution in [-0.4, -0.2) is 35.6 Å². The van der Waals surface area contributed by atoms with Crippen LogP contribution in [0.2, 0.25) is 0 Å². The molecule has 2 heterocycles. The minimum Gasteiger partial charge on any atom is -0.497 e. The Hall–Kier alpha value is -4.52. The molecule has 7 heteroatoms. The number of allylic oxidation sites excluding steroid dienone is 3. The van der Waals surface area contributed by atoms with E-state index < -0.39 is 0 Å². The first-order chi connectivity index (χ1) is 17.9. The van der Waals surface area contributed by atoms with E-state index in [1.54, 1.807) is 20.3 Å². The molecule has 0 atom stereocenters. The molecule has 0 unspecified atom stereocenters. The van der Waals surface area contributed by atoms with Gasteiger partial charge >= 0.3 is 0 Å². The fourth-order valence-electron chi connectivity index (χ4n) is 4.85. The average molecular weight is 496 g/mol. The normalized spacial score (nSPS) is 16.5. The van der Waals surface area contributed by atoms with E-state index in [1.165, 1.54) is 10.0 Å². The van der Waals surface area contributed by atoms with Crippen LogP contribution in [0.15, 0.2) is 84.1 Å². The minimum atomic E-state index is -0.361. The van der Waals surface area contributed by atoms with Crippen LogP contribution in [0.5, 0.6) is 11.5 Å². The Balaban J connectivity index is 1.61. The first-order valence-corrected chi connectivity index (χ1v) is 12.2. The Morgan fingerprint density at radius 2 is 1.62 bits per heavy atom. The van der Waals surface area contributed by atoms with Gasteiger partial charge in [0.2, 0.25) is 0 Å². The van der Waals surface area contributed by atoms with Gasteiger partial charge in [0.15, 0.2) is 0 Å². The van der Waals surface area contributed by atoms with E-state index in [-0.39, 0.29) is 17.4 Å². The topological polar surface area (TPSA) is 64.0 Å². The van der Waals surface area contributed by atoms with Crippen LogP contribution in [-0.2, 0) is 9.59 Å². The van der Waals surface area contributed by atoms with Gasteiger partial charge in [0.05, 0.1) is 31.3 Å². The van der Waals surface area contributed by atoms with Crippen LogP contribution in [0.1, 0.15) is 29.8 Å². The zero-order valence-electron chi connectivity index (χ0n) is 21.4. The second kappa shape index (κ2) is 9.85. The number of ether oxygens (including phenoxy) is 2. The average Bonchev–Trinajstić information content (AvgIpc) is 3.35. The molecule has 1 aliphatic carbocycles. The van der Waals surface area contributed by atoms with Crippen molar-refractivity contribution in [2.75, 3.05) is 19.2 Å². The van der Waals surface area contributed by atoms with E-state index in [1.807, 2.05) is 91.2 Å². The van der Waals surface area contributed by atoms with Gasteiger partial charge in [-0.25, -0.2) is 10.0 Å². The third-order valence-electron chi connectivity index (χ3n) is 6.66. The highest BCUT2D eigenvalue weighted by atomic mass is 16.5. The molecule has 1 fully saturated rings. The fraction of sp³-hybridized carbons (Fsp3) is 0.200. The van der Waals surface area contributed by atoms with E-state index >= 15 is 0 Å². The second-order valence-electron chi connectivity index (χ2n) is 8.94. The summed E-state index contributed by atoms with van der Waals surface area (Å²) in [5.74, 6) is 0.676. The lowest BCUT2D eigenvalue weighted by molar-refractivity contribution is -0.123. The van der Waals surface area contributed by atoms with Gasteiger partial charge in [-0.3, -0.25) is 9.59 Å². The monoisotopic (exact) mass is 495 g/mol. The van der Waals surface area contributed by atoms with Gasteiger partial charge in [0.1, 0.15) is 17.1 Å². The number of hydrazine groups is 1. The van der Waals surface area contributed by atoms with Crippen molar-refractivity contribution in [1.29, 1.82) is 0 Å². The number of hydrogen-bond acceptors (Lipinski definition) is 4. The molecule has 188 valence electrons. The van der Waals surface area contributed by atoms with E-state index in [0.29, 0.717) is 22.9 Å². The fourth-order valence-corrected chi connectivity index (χ4v) is 4.85. The van der Waals surface area contributed by atoms with Crippen LogP contribution >= 0.6 is 0 Å². The molecule has 1 saturated heterocycles. The molecule has 7 nitrogen and oxygen atoms in total. The van der Waals surface area contributed by atoms with Crippen molar-refractivity contribution in [2.24, 2.45) is 0 Å². The van der Waals surface area contributed by atoms with Crippen LogP contribution in [0, 0.1) is 13.8 Å². The number of benzene rings is 2.